The van der Waals surface area contributed by atoms with E-state index in [1.165, 1.54) is 0 Å². The van der Waals surface area contributed by atoms with E-state index in [2.05, 4.69) is 32.2 Å². The Morgan fingerprint density at radius 3 is 2.25 bits per heavy atom. The molecule has 0 spiro atoms. The van der Waals surface area contributed by atoms with Gasteiger partial charge in [0.1, 0.15) is 17.3 Å². The molecule has 0 amide bonds. The van der Waals surface area contributed by atoms with Gasteiger partial charge in [-0.2, -0.15) is 0 Å². The largest absolute Gasteiger partial charge is 0.497 e. The molecule has 1 N–H and O–H groups in total. The number of hydrogen-bond acceptors (Lipinski definition) is 4. The Bertz CT molecular complexity index is 630. The molecule has 0 aliphatic carbocycles. The molecule has 4 nitrogen and oxygen atoms in total. The fraction of sp³-hybridized carbons (Fsp3) is 0.438. The number of nitrogens with one attached hydrogen (secondary N) is 1. The summed E-state index contributed by atoms with van der Waals surface area (Å²) in [5, 5.41) is 4.17. The SMILES string of the molecule is CNc1nc2cc(OC)cc(OC)c2cc1C(C)(C)C. The number of pyridine rings is 1. The maximum atomic E-state index is 5.47. The molecule has 0 bridgehead atoms. The van der Waals surface area contributed by atoms with E-state index < -0.39 is 0 Å². The fourth-order valence-corrected chi connectivity index (χ4v) is 2.27. The van der Waals surface area contributed by atoms with Crippen molar-refractivity contribution in [2.45, 2.75) is 26.2 Å². The molecule has 0 unspecified atom stereocenters. The summed E-state index contributed by atoms with van der Waals surface area (Å²) < 4.78 is 10.8. The zero-order valence-electron chi connectivity index (χ0n) is 13.0. The van der Waals surface area contributed by atoms with Crippen LogP contribution in [-0.4, -0.2) is 26.3 Å². The van der Waals surface area contributed by atoms with Crippen LogP contribution in [0.5, 0.6) is 11.5 Å². The van der Waals surface area contributed by atoms with E-state index in [4.69, 9.17) is 14.5 Å². The zero-order valence-corrected chi connectivity index (χ0v) is 13.0. The van der Waals surface area contributed by atoms with Crippen molar-refractivity contribution in [3.05, 3.63) is 23.8 Å². The summed E-state index contributed by atoms with van der Waals surface area (Å²) in [6.45, 7) is 6.52. The summed E-state index contributed by atoms with van der Waals surface area (Å²) in [6.07, 6.45) is 0. The molecule has 0 aliphatic heterocycles. The Balaban J connectivity index is 2.80. The van der Waals surface area contributed by atoms with Crippen molar-refractivity contribution < 1.29 is 9.47 Å². The molecule has 1 heterocycles. The van der Waals surface area contributed by atoms with Gasteiger partial charge in [0.25, 0.3) is 0 Å². The number of anilines is 1. The minimum absolute atomic E-state index is 0.00444. The number of hydrogen-bond donors (Lipinski definition) is 1. The van der Waals surface area contributed by atoms with Gasteiger partial charge in [0, 0.05) is 30.1 Å². The van der Waals surface area contributed by atoms with E-state index in [0.717, 1.165) is 33.8 Å². The van der Waals surface area contributed by atoms with Crippen LogP contribution in [0.3, 0.4) is 0 Å². The first-order chi connectivity index (χ1) is 9.40. The van der Waals surface area contributed by atoms with Crippen molar-refractivity contribution in [2.24, 2.45) is 0 Å². The van der Waals surface area contributed by atoms with Crippen LogP contribution in [0.1, 0.15) is 26.3 Å². The van der Waals surface area contributed by atoms with Crippen molar-refractivity contribution in [3.8, 4) is 11.5 Å². The van der Waals surface area contributed by atoms with E-state index in [9.17, 15) is 0 Å². The van der Waals surface area contributed by atoms with Gasteiger partial charge in [0.2, 0.25) is 0 Å². The van der Waals surface area contributed by atoms with Gasteiger partial charge in [-0.25, -0.2) is 4.98 Å². The van der Waals surface area contributed by atoms with Gasteiger partial charge in [-0.15, -0.1) is 0 Å². The topological polar surface area (TPSA) is 43.4 Å². The molecule has 108 valence electrons. The zero-order chi connectivity index (χ0) is 14.9. The molecule has 0 aliphatic rings. The van der Waals surface area contributed by atoms with E-state index in [-0.39, 0.29) is 5.41 Å². The second-order valence-electron chi connectivity index (χ2n) is 5.78. The lowest BCUT2D eigenvalue weighted by Gasteiger charge is -2.23. The van der Waals surface area contributed by atoms with Gasteiger partial charge in [-0.1, -0.05) is 20.8 Å². The monoisotopic (exact) mass is 274 g/mol. The van der Waals surface area contributed by atoms with Crippen LogP contribution in [-0.2, 0) is 5.41 Å². The van der Waals surface area contributed by atoms with Gasteiger partial charge in [0.05, 0.1) is 19.7 Å². The highest BCUT2D eigenvalue weighted by Crippen LogP contribution is 2.36. The van der Waals surface area contributed by atoms with Crippen LogP contribution < -0.4 is 14.8 Å². The highest BCUT2D eigenvalue weighted by atomic mass is 16.5. The minimum Gasteiger partial charge on any atom is -0.497 e. The Kier molecular flexibility index (Phi) is 3.75. The maximum absolute atomic E-state index is 5.47. The number of rotatable bonds is 3. The second-order valence-corrected chi connectivity index (χ2v) is 5.78. The third kappa shape index (κ3) is 2.50. The molecular formula is C16H22N2O2. The number of nitrogens with zero attached hydrogens (tertiary/aromatic N) is 1. The van der Waals surface area contributed by atoms with Gasteiger partial charge >= 0.3 is 0 Å². The number of fused-ring (bicyclic) bond motifs is 1. The van der Waals surface area contributed by atoms with E-state index in [0.29, 0.717) is 0 Å². The molecule has 1 aromatic heterocycles. The summed E-state index contributed by atoms with van der Waals surface area (Å²) in [4.78, 5) is 4.71. The molecule has 2 rings (SSSR count). The Morgan fingerprint density at radius 1 is 1.05 bits per heavy atom. The quantitative estimate of drug-likeness (QED) is 0.929. The lowest BCUT2D eigenvalue weighted by molar-refractivity contribution is 0.398. The average molecular weight is 274 g/mol. The predicted octanol–water partition coefficient (Wildman–Crippen LogP) is 3.59. The van der Waals surface area contributed by atoms with Crippen molar-refractivity contribution in [1.82, 2.24) is 4.98 Å². The first-order valence-electron chi connectivity index (χ1n) is 6.65. The van der Waals surface area contributed by atoms with Gasteiger partial charge in [-0.05, 0) is 11.5 Å². The van der Waals surface area contributed by atoms with Gasteiger partial charge < -0.3 is 14.8 Å². The molecule has 0 fully saturated rings. The van der Waals surface area contributed by atoms with Crippen molar-refractivity contribution in [3.63, 3.8) is 0 Å². The van der Waals surface area contributed by atoms with Crippen molar-refractivity contribution in [2.75, 3.05) is 26.6 Å². The van der Waals surface area contributed by atoms with Crippen LogP contribution in [0, 0.1) is 0 Å². The normalized spacial score (nSPS) is 11.5. The van der Waals surface area contributed by atoms with Crippen LogP contribution in [0.15, 0.2) is 18.2 Å². The highest BCUT2D eigenvalue weighted by Gasteiger charge is 2.21. The first-order valence-corrected chi connectivity index (χ1v) is 6.65. The Hall–Kier alpha value is -1.97. The van der Waals surface area contributed by atoms with E-state index in [1.54, 1.807) is 14.2 Å². The Morgan fingerprint density at radius 2 is 1.75 bits per heavy atom. The molecule has 0 saturated heterocycles. The summed E-state index contributed by atoms with van der Waals surface area (Å²) in [6, 6.07) is 5.95. The number of ether oxygens (including phenoxy) is 2. The molecule has 20 heavy (non-hydrogen) atoms. The fourth-order valence-electron chi connectivity index (χ4n) is 2.27. The van der Waals surface area contributed by atoms with Gasteiger partial charge in [-0.3, -0.25) is 0 Å². The predicted molar refractivity (Wildman–Crippen MR) is 83.1 cm³/mol. The first kappa shape index (κ1) is 14.4. The number of methoxy groups -OCH3 is 2. The van der Waals surface area contributed by atoms with Gasteiger partial charge in [0.15, 0.2) is 0 Å². The van der Waals surface area contributed by atoms with E-state index >= 15 is 0 Å². The molecule has 2 aromatic rings. The molecule has 1 aromatic carbocycles. The second kappa shape index (κ2) is 5.19. The smallest absolute Gasteiger partial charge is 0.131 e. The number of aromatic nitrogens is 1. The van der Waals surface area contributed by atoms with Crippen LogP contribution in [0.2, 0.25) is 0 Å². The van der Waals surface area contributed by atoms with Crippen LogP contribution >= 0.6 is 0 Å². The standard InChI is InChI=1S/C16H22N2O2/c1-16(2,3)12-9-11-13(18-15(12)17-4)7-10(19-5)8-14(11)20-6/h7-9H,1-6H3,(H,17,18). The summed E-state index contributed by atoms with van der Waals surface area (Å²) in [7, 11) is 5.20. The van der Waals surface area contributed by atoms with Crippen LogP contribution in [0.4, 0.5) is 5.82 Å². The highest BCUT2D eigenvalue weighted by molar-refractivity contribution is 5.89. The Labute approximate surface area is 120 Å². The van der Waals surface area contributed by atoms with Crippen molar-refractivity contribution >= 4 is 16.7 Å². The molecule has 0 radical (unpaired) electrons. The average Bonchev–Trinajstić information content (AvgIpc) is 2.43. The van der Waals surface area contributed by atoms with Crippen LogP contribution in [0.25, 0.3) is 10.9 Å². The maximum Gasteiger partial charge on any atom is 0.131 e. The lowest BCUT2D eigenvalue weighted by atomic mass is 9.86. The third-order valence-electron chi connectivity index (χ3n) is 3.37. The van der Waals surface area contributed by atoms with E-state index in [1.807, 2.05) is 19.2 Å². The molecule has 4 heteroatoms. The third-order valence-corrected chi connectivity index (χ3v) is 3.37. The molecule has 0 atom stereocenters. The van der Waals surface area contributed by atoms with Crippen molar-refractivity contribution in [1.29, 1.82) is 0 Å². The molecular weight excluding hydrogens is 252 g/mol. The number of benzene rings is 1. The minimum atomic E-state index is 0.00444. The lowest BCUT2D eigenvalue weighted by Crippen LogP contribution is -2.15. The molecule has 0 saturated carbocycles. The summed E-state index contributed by atoms with van der Waals surface area (Å²) in [5.41, 5.74) is 2.03. The summed E-state index contributed by atoms with van der Waals surface area (Å²) in [5.74, 6) is 2.41. The summed E-state index contributed by atoms with van der Waals surface area (Å²) >= 11 is 0.